The number of hydrogen-bond donors (Lipinski definition) is 2. The van der Waals surface area contributed by atoms with Gasteiger partial charge in [0.15, 0.2) is 0 Å². The van der Waals surface area contributed by atoms with E-state index in [9.17, 15) is 9.59 Å². The summed E-state index contributed by atoms with van der Waals surface area (Å²) < 4.78 is 6.56. The Hall–Kier alpha value is -3.19. The van der Waals surface area contributed by atoms with E-state index in [1.165, 1.54) is 0 Å². The molecule has 0 radical (unpaired) electrons. The van der Waals surface area contributed by atoms with Gasteiger partial charge in [-0.25, -0.2) is 0 Å². The van der Waals surface area contributed by atoms with Crippen LogP contribution < -0.4 is 15.6 Å². The number of carbonyl (C=O) groups is 2. The Balaban J connectivity index is 1.57. The first-order chi connectivity index (χ1) is 13.0. The molecule has 0 atom stereocenters. The topological polar surface area (TPSA) is 80.3 Å². The molecule has 0 aliphatic carbocycles. The maximum atomic E-state index is 12.2. The monoisotopic (exact) mass is 425 g/mol. The third kappa shape index (κ3) is 4.92. The maximum absolute atomic E-state index is 12.2. The zero-order valence-electron chi connectivity index (χ0n) is 14.4. The summed E-state index contributed by atoms with van der Waals surface area (Å²) in [5.74, 6) is 0.426. The summed E-state index contributed by atoms with van der Waals surface area (Å²) in [5.41, 5.74) is 6.59. The molecule has 0 saturated carbocycles. The first-order valence-corrected chi connectivity index (χ1v) is 8.87. The number of aryl methyl sites for hydroxylation is 1. The molecule has 0 unspecified atom stereocenters. The molecule has 2 aromatic carbocycles. The van der Waals surface area contributed by atoms with E-state index in [-0.39, 0.29) is 0 Å². The van der Waals surface area contributed by atoms with Crippen LogP contribution in [-0.4, -0.2) is 16.8 Å². The van der Waals surface area contributed by atoms with Gasteiger partial charge in [0.05, 0.1) is 0 Å². The molecule has 7 heteroatoms. The number of carbonyl (C=O) groups excluding carboxylic acids is 2. The number of pyridine rings is 1. The number of benzene rings is 2. The van der Waals surface area contributed by atoms with E-state index in [2.05, 4.69) is 31.8 Å². The second kappa shape index (κ2) is 8.46. The molecular formula is C20H16BrN3O3. The van der Waals surface area contributed by atoms with Crippen molar-refractivity contribution in [2.75, 3.05) is 0 Å². The lowest BCUT2D eigenvalue weighted by atomic mass is 10.1. The fourth-order valence-electron chi connectivity index (χ4n) is 2.26. The van der Waals surface area contributed by atoms with Gasteiger partial charge in [-0.3, -0.25) is 25.4 Å². The van der Waals surface area contributed by atoms with Crippen LogP contribution in [0.15, 0.2) is 71.5 Å². The van der Waals surface area contributed by atoms with E-state index in [0.717, 1.165) is 10.0 Å². The normalized spacial score (nSPS) is 10.1. The average molecular weight is 426 g/mol. The maximum Gasteiger partial charge on any atom is 0.269 e. The van der Waals surface area contributed by atoms with Gasteiger partial charge in [-0.05, 0) is 67.1 Å². The summed E-state index contributed by atoms with van der Waals surface area (Å²) in [4.78, 5) is 28.2. The highest BCUT2D eigenvalue weighted by atomic mass is 79.9. The molecule has 0 aliphatic heterocycles. The second-order valence-corrected chi connectivity index (χ2v) is 6.54. The lowest BCUT2D eigenvalue weighted by molar-refractivity contribution is 0.0846. The van der Waals surface area contributed by atoms with Crippen LogP contribution in [0.25, 0.3) is 0 Å². The molecule has 1 aromatic heterocycles. The van der Waals surface area contributed by atoms with Crippen LogP contribution in [0, 0.1) is 6.92 Å². The number of ether oxygens (including phenoxy) is 1. The van der Waals surface area contributed by atoms with Crippen LogP contribution in [0.3, 0.4) is 0 Å². The summed E-state index contributed by atoms with van der Waals surface area (Å²) >= 11 is 3.38. The SMILES string of the molecule is Cc1cc(C(=O)NNC(=O)c2ccc(Oc3ccncc3)cc2)ccc1Br. The number of hydrazine groups is 1. The minimum absolute atomic E-state index is 0.392. The highest BCUT2D eigenvalue weighted by Gasteiger charge is 2.10. The van der Waals surface area contributed by atoms with E-state index in [0.29, 0.717) is 22.6 Å². The van der Waals surface area contributed by atoms with Crippen LogP contribution in [0.2, 0.25) is 0 Å². The lowest BCUT2D eigenvalue weighted by Crippen LogP contribution is -2.41. The van der Waals surface area contributed by atoms with E-state index in [4.69, 9.17) is 4.74 Å². The van der Waals surface area contributed by atoms with Crippen molar-refractivity contribution in [1.82, 2.24) is 15.8 Å². The molecular weight excluding hydrogens is 410 g/mol. The van der Waals surface area contributed by atoms with Crippen molar-refractivity contribution in [2.45, 2.75) is 6.92 Å². The third-order valence-electron chi connectivity index (χ3n) is 3.71. The number of nitrogens with zero attached hydrogens (tertiary/aromatic N) is 1. The molecule has 2 amide bonds. The summed E-state index contributed by atoms with van der Waals surface area (Å²) in [5, 5.41) is 0. The quantitative estimate of drug-likeness (QED) is 0.618. The smallest absolute Gasteiger partial charge is 0.269 e. The lowest BCUT2D eigenvalue weighted by Gasteiger charge is -2.09. The molecule has 136 valence electrons. The van der Waals surface area contributed by atoms with Gasteiger partial charge in [0.2, 0.25) is 0 Å². The van der Waals surface area contributed by atoms with Gasteiger partial charge in [0.1, 0.15) is 11.5 Å². The van der Waals surface area contributed by atoms with Gasteiger partial charge in [0.25, 0.3) is 11.8 Å². The van der Waals surface area contributed by atoms with Gasteiger partial charge in [0, 0.05) is 28.0 Å². The molecule has 2 N–H and O–H groups in total. The van der Waals surface area contributed by atoms with Crippen molar-refractivity contribution in [1.29, 1.82) is 0 Å². The first kappa shape index (κ1) is 18.6. The Morgan fingerprint density at radius 3 is 2.04 bits per heavy atom. The Morgan fingerprint density at radius 2 is 1.41 bits per heavy atom. The van der Waals surface area contributed by atoms with E-state index in [1.54, 1.807) is 67.0 Å². The van der Waals surface area contributed by atoms with Gasteiger partial charge < -0.3 is 4.74 Å². The Labute approximate surface area is 164 Å². The van der Waals surface area contributed by atoms with Crippen molar-refractivity contribution < 1.29 is 14.3 Å². The predicted molar refractivity (Wildman–Crippen MR) is 105 cm³/mol. The number of aromatic nitrogens is 1. The number of hydrogen-bond acceptors (Lipinski definition) is 4. The van der Waals surface area contributed by atoms with Gasteiger partial charge in [-0.15, -0.1) is 0 Å². The molecule has 1 heterocycles. The van der Waals surface area contributed by atoms with Crippen LogP contribution in [0.1, 0.15) is 26.3 Å². The molecule has 0 fully saturated rings. The fourth-order valence-corrected chi connectivity index (χ4v) is 2.51. The molecule has 0 saturated heterocycles. The largest absolute Gasteiger partial charge is 0.457 e. The van der Waals surface area contributed by atoms with E-state index >= 15 is 0 Å². The zero-order chi connectivity index (χ0) is 19.2. The zero-order valence-corrected chi connectivity index (χ0v) is 16.0. The molecule has 3 aromatic rings. The number of halogens is 1. The minimum atomic E-state index is -0.423. The average Bonchev–Trinajstić information content (AvgIpc) is 2.69. The molecule has 3 rings (SSSR count). The summed E-state index contributed by atoms with van der Waals surface area (Å²) in [6, 6.07) is 15.2. The van der Waals surface area contributed by atoms with Crippen molar-refractivity contribution in [2.24, 2.45) is 0 Å². The molecule has 6 nitrogen and oxygen atoms in total. The van der Waals surface area contributed by atoms with Crippen molar-refractivity contribution in [3.63, 3.8) is 0 Å². The first-order valence-electron chi connectivity index (χ1n) is 8.08. The predicted octanol–water partition coefficient (Wildman–Crippen LogP) is 4.02. The Bertz CT molecular complexity index is 960. The highest BCUT2D eigenvalue weighted by molar-refractivity contribution is 9.10. The standard InChI is InChI=1S/C20H16BrN3O3/c1-13-12-15(4-7-18(13)21)20(26)24-23-19(25)14-2-5-16(6-3-14)27-17-8-10-22-11-9-17/h2-12H,1H3,(H,23,25)(H,24,26). The van der Waals surface area contributed by atoms with E-state index < -0.39 is 11.8 Å². The van der Waals surface area contributed by atoms with Crippen LogP contribution in [0.4, 0.5) is 0 Å². The highest BCUT2D eigenvalue weighted by Crippen LogP contribution is 2.20. The Kier molecular flexibility index (Phi) is 5.83. The van der Waals surface area contributed by atoms with Gasteiger partial charge in [-0.1, -0.05) is 15.9 Å². The summed E-state index contributed by atoms with van der Waals surface area (Å²) in [6.07, 6.45) is 3.26. The summed E-state index contributed by atoms with van der Waals surface area (Å²) in [7, 11) is 0. The van der Waals surface area contributed by atoms with Crippen LogP contribution in [-0.2, 0) is 0 Å². The molecule has 0 bridgehead atoms. The second-order valence-electron chi connectivity index (χ2n) is 5.68. The van der Waals surface area contributed by atoms with Crippen LogP contribution >= 0.6 is 15.9 Å². The van der Waals surface area contributed by atoms with Crippen molar-refractivity contribution >= 4 is 27.7 Å². The minimum Gasteiger partial charge on any atom is -0.457 e. The van der Waals surface area contributed by atoms with Gasteiger partial charge >= 0.3 is 0 Å². The molecule has 27 heavy (non-hydrogen) atoms. The van der Waals surface area contributed by atoms with Gasteiger partial charge in [-0.2, -0.15) is 0 Å². The van der Waals surface area contributed by atoms with E-state index in [1.807, 2.05) is 6.92 Å². The molecule has 0 aliphatic rings. The van der Waals surface area contributed by atoms with Crippen molar-refractivity contribution in [3.8, 4) is 11.5 Å². The summed E-state index contributed by atoms with van der Waals surface area (Å²) in [6.45, 7) is 1.88. The molecule has 0 spiro atoms. The number of amides is 2. The van der Waals surface area contributed by atoms with Crippen molar-refractivity contribution in [3.05, 3.63) is 88.2 Å². The number of rotatable bonds is 4. The van der Waals surface area contributed by atoms with Crippen LogP contribution in [0.5, 0.6) is 11.5 Å². The Morgan fingerprint density at radius 1 is 0.852 bits per heavy atom. The third-order valence-corrected chi connectivity index (χ3v) is 4.60. The number of nitrogens with one attached hydrogen (secondary N) is 2. The fraction of sp³-hybridized carbons (Fsp3) is 0.0500.